The van der Waals surface area contributed by atoms with Crippen molar-refractivity contribution in [3.63, 3.8) is 0 Å². The van der Waals surface area contributed by atoms with Gasteiger partial charge in [-0.25, -0.2) is 8.78 Å². The number of hydrogen-bond donors (Lipinski definition) is 1. The Morgan fingerprint density at radius 3 is 2.19 bits per heavy atom. The van der Waals surface area contributed by atoms with Crippen molar-refractivity contribution >= 4 is 0 Å². The molecule has 0 radical (unpaired) electrons. The summed E-state index contributed by atoms with van der Waals surface area (Å²) < 4.78 is 39.3. The molecule has 0 amide bonds. The van der Waals surface area contributed by atoms with Gasteiger partial charge in [-0.3, -0.25) is 0 Å². The first-order valence-corrected chi connectivity index (χ1v) is 7.51. The van der Waals surface area contributed by atoms with Gasteiger partial charge in [0.25, 0.3) is 5.92 Å². The Bertz CT molecular complexity index is 534. The van der Waals surface area contributed by atoms with Crippen molar-refractivity contribution in [2.24, 2.45) is 5.73 Å². The van der Waals surface area contributed by atoms with Crippen molar-refractivity contribution in [3.05, 3.63) is 23.3 Å². The van der Waals surface area contributed by atoms with Gasteiger partial charge >= 0.3 is 0 Å². The molecular formula is C16H21F2NO2. The molecule has 0 saturated heterocycles. The Morgan fingerprint density at radius 2 is 1.62 bits per heavy atom. The number of halogens is 2. The maximum absolute atomic E-state index is 14.1. The Kier molecular flexibility index (Phi) is 3.56. The normalized spacial score (nSPS) is 21.1. The number of benzene rings is 1. The van der Waals surface area contributed by atoms with E-state index in [0.29, 0.717) is 30.3 Å². The predicted molar refractivity (Wildman–Crippen MR) is 76.0 cm³/mol. The quantitative estimate of drug-likeness (QED) is 0.905. The second-order valence-electron chi connectivity index (χ2n) is 6.15. The Hall–Kier alpha value is -1.36. The topological polar surface area (TPSA) is 44.5 Å². The molecule has 5 heteroatoms. The fourth-order valence-corrected chi connectivity index (χ4v) is 3.26. The number of ether oxygens (including phenoxy) is 2. The third-order valence-electron chi connectivity index (χ3n) is 4.39. The molecule has 0 unspecified atom stereocenters. The SMILES string of the molecule is CC(F)(F)c1cc2c(cc1C1(N)CCCC1)OCCCO2. The predicted octanol–water partition coefficient (Wildman–Crippen LogP) is 3.69. The van der Waals surface area contributed by atoms with E-state index in [2.05, 4.69) is 0 Å². The molecule has 1 aliphatic carbocycles. The molecule has 0 atom stereocenters. The van der Waals surface area contributed by atoms with Gasteiger partial charge in [-0.2, -0.15) is 0 Å². The first-order valence-electron chi connectivity index (χ1n) is 7.51. The van der Waals surface area contributed by atoms with Gasteiger partial charge in [0, 0.05) is 24.4 Å². The second kappa shape index (κ2) is 5.13. The standard InChI is InChI=1S/C16H21F2NO2/c1-15(17,18)11-9-13-14(21-8-4-7-20-13)10-12(11)16(19)5-2-3-6-16/h9-10H,2-8,19H2,1H3. The number of rotatable bonds is 2. The van der Waals surface area contributed by atoms with E-state index in [9.17, 15) is 8.78 Å². The van der Waals surface area contributed by atoms with Gasteiger partial charge in [0.2, 0.25) is 0 Å². The molecule has 0 spiro atoms. The summed E-state index contributed by atoms with van der Waals surface area (Å²) in [5.74, 6) is -2.02. The number of hydrogen-bond acceptors (Lipinski definition) is 3. The molecule has 116 valence electrons. The summed E-state index contributed by atoms with van der Waals surface area (Å²) >= 11 is 0. The van der Waals surface area contributed by atoms with Crippen LogP contribution < -0.4 is 15.2 Å². The summed E-state index contributed by atoms with van der Waals surface area (Å²) in [5, 5.41) is 0. The molecule has 1 aromatic rings. The van der Waals surface area contributed by atoms with Crippen LogP contribution in [0.4, 0.5) is 8.78 Å². The van der Waals surface area contributed by atoms with Crippen LogP contribution in [0.3, 0.4) is 0 Å². The molecule has 21 heavy (non-hydrogen) atoms. The van der Waals surface area contributed by atoms with Gasteiger partial charge in [-0.1, -0.05) is 12.8 Å². The molecule has 3 rings (SSSR count). The average Bonchev–Trinajstić information content (AvgIpc) is 2.73. The smallest absolute Gasteiger partial charge is 0.270 e. The van der Waals surface area contributed by atoms with Crippen LogP contribution in [-0.4, -0.2) is 13.2 Å². The second-order valence-corrected chi connectivity index (χ2v) is 6.15. The molecule has 1 aliphatic heterocycles. The summed E-state index contributed by atoms with van der Waals surface area (Å²) in [6.45, 7) is 1.93. The molecule has 1 heterocycles. The Balaban J connectivity index is 2.14. The summed E-state index contributed by atoms with van der Waals surface area (Å²) in [6.07, 6.45) is 4.15. The lowest BCUT2D eigenvalue weighted by atomic mass is 9.84. The third-order valence-corrected chi connectivity index (χ3v) is 4.39. The van der Waals surface area contributed by atoms with Crippen LogP contribution in [0.25, 0.3) is 0 Å². The number of nitrogens with two attached hydrogens (primary N) is 1. The molecule has 0 aromatic heterocycles. The van der Waals surface area contributed by atoms with Crippen molar-refractivity contribution in [1.82, 2.24) is 0 Å². The van der Waals surface area contributed by atoms with Crippen LogP contribution in [-0.2, 0) is 11.5 Å². The minimum Gasteiger partial charge on any atom is -0.490 e. The van der Waals surface area contributed by atoms with E-state index >= 15 is 0 Å². The zero-order chi connectivity index (χ0) is 15.1. The van der Waals surface area contributed by atoms with E-state index in [1.165, 1.54) is 6.07 Å². The van der Waals surface area contributed by atoms with Crippen molar-refractivity contribution in [2.75, 3.05) is 13.2 Å². The lowest BCUT2D eigenvalue weighted by Crippen LogP contribution is -2.35. The molecule has 1 fully saturated rings. The zero-order valence-corrected chi connectivity index (χ0v) is 12.3. The first kappa shape index (κ1) is 14.6. The molecule has 1 saturated carbocycles. The molecule has 3 nitrogen and oxygen atoms in total. The highest BCUT2D eigenvalue weighted by Gasteiger charge is 2.40. The van der Waals surface area contributed by atoms with Crippen LogP contribution in [0.5, 0.6) is 11.5 Å². The third kappa shape index (κ3) is 2.71. The average molecular weight is 297 g/mol. The molecule has 2 N–H and O–H groups in total. The van der Waals surface area contributed by atoms with Gasteiger partial charge in [0.1, 0.15) is 0 Å². The number of fused-ring (bicyclic) bond motifs is 1. The van der Waals surface area contributed by atoms with E-state index in [-0.39, 0.29) is 5.56 Å². The maximum atomic E-state index is 14.1. The van der Waals surface area contributed by atoms with E-state index in [0.717, 1.165) is 39.0 Å². The highest BCUT2D eigenvalue weighted by atomic mass is 19.3. The lowest BCUT2D eigenvalue weighted by Gasteiger charge is -2.30. The number of alkyl halides is 2. The van der Waals surface area contributed by atoms with E-state index in [4.69, 9.17) is 15.2 Å². The fourth-order valence-electron chi connectivity index (χ4n) is 3.26. The van der Waals surface area contributed by atoms with E-state index in [1.54, 1.807) is 6.07 Å². The molecular weight excluding hydrogens is 276 g/mol. The Morgan fingerprint density at radius 1 is 1.05 bits per heavy atom. The summed E-state index contributed by atoms with van der Waals surface area (Å²) in [6, 6.07) is 3.10. The maximum Gasteiger partial charge on any atom is 0.270 e. The fraction of sp³-hybridized carbons (Fsp3) is 0.625. The van der Waals surface area contributed by atoms with Gasteiger partial charge < -0.3 is 15.2 Å². The van der Waals surface area contributed by atoms with Gasteiger partial charge in [0.15, 0.2) is 11.5 Å². The zero-order valence-electron chi connectivity index (χ0n) is 12.3. The summed E-state index contributed by atoms with van der Waals surface area (Å²) in [4.78, 5) is 0. The van der Waals surface area contributed by atoms with E-state index < -0.39 is 11.5 Å². The lowest BCUT2D eigenvalue weighted by molar-refractivity contribution is 0.0150. The van der Waals surface area contributed by atoms with Crippen LogP contribution >= 0.6 is 0 Å². The Labute approximate surface area is 123 Å². The van der Waals surface area contributed by atoms with Gasteiger partial charge in [-0.05, 0) is 30.5 Å². The van der Waals surface area contributed by atoms with Crippen molar-refractivity contribution in [3.8, 4) is 11.5 Å². The highest BCUT2D eigenvalue weighted by molar-refractivity contribution is 5.51. The van der Waals surface area contributed by atoms with Crippen molar-refractivity contribution < 1.29 is 18.3 Å². The van der Waals surface area contributed by atoms with Crippen molar-refractivity contribution in [1.29, 1.82) is 0 Å². The minimum absolute atomic E-state index is 0.0313. The van der Waals surface area contributed by atoms with Crippen LogP contribution in [0.15, 0.2) is 12.1 Å². The first-order chi connectivity index (χ1) is 9.90. The monoisotopic (exact) mass is 297 g/mol. The molecule has 1 aromatic carbocycles. The van der Waals surface area contributed by atoms with Crippen LogP contribution in [0, 0.1) is 0 Å². The largest absolute Gasteiger partial charge is 0.490 e. The summed E-state index contributed by atoms with van der Waals surface area (Å²) in [5.41, 5.74) is 6.22. The van der Waals surface area contributed by atoms with Crippen LogP contribution in [0.1, 0.15) is 50.2 Å². The molecule has 2 aliphatic rings. The van der Waals surface area contributed by atoms with Crippen molar-refractivity contribution in [2.45, 2.75) is 50.5 Å². The van der Waals surface area contributed by atoms with E-state index in [1.807, 2.05) is 0 Å². The van der Waals surface area contributed by atoms with Gasteiger partial charge in [0.05, 0.1) is 13.2 Å². The van der Waals surface area contributed by atoms with Gasteiger partial charge in [-0.15, -0.1) is 0 Å². The van der Waals surface area contributed by atoms with Crippen LogP contribution in [0.2, 0.25) is 0 Å². The molecule has 0 bridgehead atoms. The highest BCUT2D eigenvalue weighted by Crippen LogP contribution is 2.46. The summed E-state index contributed by atoms with van der Waals surface area (Å²) in [7, 11) is 0. The minimum atomic E-state index is -2.95.